The fourth-order valence-corrected chi connectivity index (χ4v) is 4.60. The standard InChI is InChI=1S/C26H33N3O4S/c1-4-6-16-29(19-22-8-7-17-33-22)25-14-11-21(18-24(25)26(30)27-15-5-2)28-34(31,32)23-12-9-20(3)10-13-23/h7-14,17-18,28H,4-6,15-16,19H2,1-3H3,(H,27,30). The normalized spacial score (nSPS) is 11.3. The molecular weight excluding hydrogens is 450 g/mol. The van der Waals surface area contributed by atoms with Crippen LogP contribution in [0.25, 0.3) is 0 Å². The van der Waals surface area contributed by atoms with Crippen LogP contribution in [0.1, 0.15) is 54.8 Å². The van der Waals surface area contributed by atoms with E-state index in [-0.39, 0.29) is 10.8 Å². The van der Waals surface area contributed by atoms with Crippen molar-refractivity contribution < 1.29 is 17.6 Å². The molecule has 34 heavy (non-hydrogen) atoms. The molecule has 1 aromatic heterocycles. The fourth-order valence-electron chi connectivity index (χ4n) is 3.55. The highest BCUT2D eigenvalue weighted by molar-refractivity contribution is 7.92. The van der Waals surface area contributed by atoms with Crippen LogP contribution in [0.3, 0.4) is 0 Å². The van der Waals surface area contributed by atoms with Gasteiger partial charge in [-0.15, -0.1) is 0 Å². The first-order valence-corrected chi connectivity index (χ1v) is 13.1. The number of hydrogen-bond donors (Lipinski definition) is 2. The molecule has 0 atom stereocenters. The van der Waals surface area contributed by atoms with Crippen molar-refractivity contribution in [1.82, 2.24) is 5.32 Å². The van der Waals surface area contributed by atoms with E-state index in [4.69, 9.17) is 4.42 Å². The van der Waals surface area contributed by atoms with Gasteiger partial charge in [0.2, 0.25) is 0 Å². The van der Waals surface area contributed by atoms with E-state index in [0.717, 1.165) is 42.8 Å². The molecule has 2 N–H and O–H groups in total. The van der Waals surface area contributed by atoms with Crippen molar-refractivity contribution in [1.29, 1.82) is 0 Å². The van der Waals surface area contributed by atoms with Crippen molar-refractivity contribution in [2.45, 2.75) is 51.5 Å². The number of anilines is 2. The Balaban J connectivity index is 1.97. The smallest absolute Gasteiger partial charge is 0.261 e. The first kappa shape index (κ1) is 25.4. The summed E-state index contributed by atoms with van der Waals surface area (Å²) in [5, 5.41) is 2.92. The van der Waals surface area contributed by atoms with Gasteiger partial charge in [0, 0.05) is 18.8 Å². The summed E-state index contributed by atoms with van der Waals surface area (Å²) in [5.74, 6) is 0.550. The molecule has 0 spiro atoms. The predicted molar refractivity (Wildman–Crippen MR) is 136 cm³/mol. The van der Waals surface area contributed by atoms with Crippen LogP contribution in [-0.2, 0) is 16.6 Å². The van der Waals surface area contributed by atoms with Crippen molar-refractivity contribution in [2.75, 3.05) is 22.7 Å². The van der Waals surface area contributed by atoms with Crippen LogP contribution in [-0.4, -0.2) is 27.4 Å². The number of amides is 1. The van der Waals surface area contributed by atoms with Gasteiger partial charge in [-0.25, -0.2) is 8.42 Å². The number of carbonyl (C=O) groups is 1. The Labute approximate surface area is 202 Å². The van der Waals surface area contributed by atoms with Crippen molar-refractivity contribution in [3.05, 3.63) is 77.7 Å². The van der Waals surface area contributed by atoms with Crippen LogP contribution in [0.4, 0.5) is 11.4 Å². The number of nitrogens with one attached hydrogen (secondary N) is 2. The lowest BCUT2D eigenvalue weighted by Gasteiger charge is -2.26. The van der Waals surface area contributed by atoms with Crippen LogP contribution in [0.15, 0.2) is 70.2 Å². The van der Waals surface area contributed by atoms with Crippen LogP contribution in [0.2, 0.25) is 0 Å². The number of furan rings is 1. The van der Waals surface area contributed by atoms with Gasteiger partial charge in [-0.3, -0.25) is 9.52 Å². The Morgan fingerprint density at radius 3 is 2.44 bits per heavy atom. The third-order valence-corrected chi connectivity index (χ3v) is 6.81. The first-order chi connectivity index (χ1) is 16.3. The lowest BCUT2D eigenvalue weighted by atomic mass is 10.1. The molecule has 0 bridgehead atoms. The summed E-state index contributed by atoms with van der Waals surface area (Å²) >= 11 is 0. The minimum atomic E-state index is -3.79. The van der Waals surface area contributed by atoms with Crippen LogP contribution >= 0.6 is 0 Å². The van der Waals surface area contributed by atoms with Gasteiger partial charge in [0.15, 0.2) is 0 Å². The van der Waals surface area contributed by atoms with Gasteiger partial charge in [0.05, 0.1) is 29.0 Å². The number of unbranched alkanes of at least 4 members (excludes halogenated alkanes) is 1. The minimum absolute atomic E-state index is 0.168. The van der Waals surface area contributed by atoms with Crippen molar-refractivity contribution in [2.24, 2.45) is 0 Å². The first-order valence-electron chi connectivity index (χ1n) is 11.6. The highest BCUT2D eigenvalue weighted by atomic mass is 32.2. The number of hydrogen-bond acceptors (Lipinski definition) is 5. The Morgan fingerprint density at radius 1 is 1.03 bits per heavy atom. The molecule has 0 aliphatic heterocycles. The molecule has 0 saturated carbocycles. The molecule has 7 nitrogen and oxygen atoms in total. The quantitative estimate of drug-likeness (QED) is 0.363. The zero-order chi connectivity index (χ0) is 24.6. The molecule has 0 saturated heterocycles. The topological polar surface area (TPSA) is 91.7 Å². The summed E-state index contributed by atoms with van der Waals surface area (Å²) in [6.45, 7) is 7.78. The second kappa shape index (κ2) is 11.7. The Kier molecular flexibility index (Phi) is 8.76. The largest absolute Gasteiger partial charge is 0.467 e. The summed E-state index contributed by atoms with van der Waals surface area (Å²) in [6.07, 6.45) is 4.37. The number of rotatable bonds is 12. The summed E-state index contributed by atoms with van der Waals surface area (Å²) < 4.78 is 34.0. The van der Waals surface area contributed by atoms with Crippen molar-refractivity contribution in [3.63, 3.8) is 0 Å². The van der Waals surface area contributed by atoms with Gasteiger partial charge in [0.25, 0.3) is 15.9 Å². The highest BCUT2D eigenvalue weighted by Crippen LogP contribution is 2.28. The molecule has 3 rings (SSSR count). The lowest BCUT2D eigenvalue weighted by Crippen LogP contribution is -2.30. The lowest BCUT2D eigenvalue weighted by molar-refractivity contribution is 0.0954. The van der Waals surface area contributed by atoms with E-state index < -0.39 is 10.0 Å². The van der Waals surface area contributed by atoms with Gasteiger partial charge in [-0.2, -0.15) is 0 Å². The maximum Gasteiger partial charge on any atom is 0.261 e. The van der Waals surface area contributed by atoms with Gasteiger partial charge in [0.1, 0.15) is 5.76 Å². The number of aryl methyl sites for hydroxylation is 1. The highest BCUT2D eigenvalue weighted by Gasteiger charge is 2.20. The zero-order valence-electron chi connectivity index (χ0n) is 20.0. The van der Waals surface area contributed by atoms with Gasteiger partial charge >= 0.3 is 0 Å². The monoisotopic (exact) mass is 483 g/mol. The number of carbonyl (C=O) groups excluding carboxylic acids is 1. The van der Waals surface area contributed by atoms with Gasteiger partial charge in [-0.1, -0.05) is 38.0 Å². The maximum absolute atomic E-state index is 13.1. The summed E-state index contributed by atoms with van der Waals surface area (Å²) in [6, 6.07) is 15.5. The number of nitrogens with zero attached hydrogens (tertiary/aromatic N) is 1. The second-order valence-corrected chi connectivity index (χ2v) is 9.94. The van der Waals surface area contributed by atoms with E-state index in [1.54, 1.807) is 48.7 Å². The van der Waals surface area contributed by atoms with Gasteiger partial charge in [-0.05, 0) is 62.2 Å². The van der Waals surface area contributed by atoms with E-state index in [1.807, 2.05) is 26.0 Å². The van der Waals surface area contributed by atoms with Crippen LogP contribution in [0.5, 0.6) is 0 Å². The van der Waals surface area contributed by atoms with Crippen LogP contribution in [0, 0.1) is 6.92 Å². The minimum Gasteiger partial charge on any atom is -0.467 e. The zero-order valence-corrected chi connectivity index (χ0v) is 20.8. The summed E-state index contributed by atoms with van der Waals surface area (Å²) in [4.78, 5) is 15.4. The molecule has 0 unspecified atom stereocenters. The van der Waals surface area contributed by atoms with E-state index >= 15 is 0 Å². The predicted octanol–water partition coefficient (Wildman–Crippen LogP) is 5.34. The molecule has 1 amide bonds. The second-order valence-electron chi connectivity index (χ2n) is 8.26. The van der Waals surface area contributed by atoms with Crippen LogP contribution < -0.4 is 14.9 Å². The van der Waals surface area contributed by atoms with Crippen molar-refractivity contribution in [3.8, 4) is 0 Å². The van der Waals surface area contributed by atoms with E-state index in [9.17, 15) is 13.2 Å². The Bertz CT molecular complexity index is 1170. The van der Waals surface area contributed by atoms with E-state index in [2.05, 4.69) is 21.9 Å². The average molecular weight is 484 g/mol. The third-order valence-electron chi connectivity index (χ3n) is 5.41. The van der Waals surface area contributed by atoms with Crippen molar-refractivity contribution >= 4 is 27.3 Å². The molecule has 182 valence electrons. The molecule has 0 aliphatic rings. The molecule has 3 aromatic rings. The fraction of sp³-hybridized carbons (Fsp3) is 0.346. The molecule has 0 aliphatic carbocycles. The molecule has 0 fully saturated rings. The molecule has 2 aromatic carbocycles. The average Bonchev–Trinajstić information content (AvgIpc) is 3.33. The number of sulfonamides is 1. The Hall–Kier alpha value is -3.26. The summed E-state index contributed by atoms with van der Waals surface area (Å²) in [7, 11) is -3.79. The molecule has 1 heterocycles. The molecule has 0 radical (unpaired) electrons. The molecule has 8 heteroatoms. The molecular formula is C26H33N3O4S. The van der Waals surface area contributed by atoms with Gasteiger partial charge < -0.3 is 14.6 Å². The van der Waals surface area contributed by atoms with E-state index in [0.29, 0.717) is 24.3 Å². The third kappa shape index (κ3) is 6.63. The Morgan fingerprint density at radius 2 is 1.79 bits per heavy atom. The SMILES string of the molecule is CCCCN(Cc1ccco1)c1ccc(NS(=O)(=O)c2ccc(C)cc2)cc1C(=O)NCCC. The maximum atomic E-state index is 13.1. The number of benzene rings is 2. The van der Waals surface area contributed by atoms with E-state index in [1.165, 1.54) is 0 Å². The summed E-state index contributed by atoms with van der Waals surface area (Å²) in [5.41, 5.74) is 2.46.